The minimum absolute atomic E-state index is 0.0409. The summed E-state index contributed by atoms with van der Waals surface area (Å²) in [5.74, 6) is 2.14. The number of ether oxygens (including phenoxy) is 3. The van der Waals surface area contributed by atoms with E-state index in [2.05, 4.69) is 26.4 Å². The Morgan fingerprint density at radius 3 is 2.88 bits per heavy atom. The van der Waals surface area contributed by atoms with Crippen molar-refractivity contribution in [2.75, 3.05) is 36.7 Å². The molecule has 0 spiro atoms. The second-order valence-electron chi connectivity index (χ2n) is 8.43. The maximum Gasteiger partial charge on any atom is 0.324 e. The number of ketones is 1. The number of hydrazine groups is 1. The van der Waals surface area contributed by atoms with Gasteiger partial charge in [-0.25, -0.2) is 25.0 Å². The average Bonchev–Trinajstić information content (AvgIpc) is 3.44. The summed E-state index contributed by atoms with van der Waals surface area (Å²) >= 11 is 5.20. The lowest BCUT2D eigenvalue weighted by molar-refractivity contribution is -0.174. The number of benzene rings is 1. The van der Waals surface area contributed by atoms with Crippen molar-refractivity contribution in [3.63, 3.8) is 0 Å². The third-order valence-corrected chi connectivity index (χ3v) is 5.79. The van der Waals surface area contributed by atoms with Crippen LogP contribution < -0.4 is 20.8 Å². The van der Waals surface area contributed by atoms with Gasteiger partial charge in [-0.15, -0.1) is 0 Å². The Morgan fingerprint density at radius 2 is 2.23 bits per heavy atom. The number of Topliss-reactive ketones (excluding diaryl/α,β-unsaturated/α-hetero) is 1. The van der Waals surface area contributed by atoms with E-state index in [1.807, 2.05) is 0 Å². The van der Waals surface area contributed by atoms with Gasteiger partial charge in [0.1, 0.15) is 24.1 Å². The number of halogens is 2. The van der Waals surface area contributed by atoms with Crippen LogP contribution >= 0.6 is 11.8 Å². The number of esters is 2. The highest BCUT2D eigenvalue weighted by Gasteiger charge is 2.32. The van der Waals surface area contributed by atoms with Crippen molar-refractivity contribution in [1.29, 1.82) is 0 Å². The molecule has 0 saturated carbocycles. The number of hydrogen-bond donors (Lipinski definition) is 2. The van der Waals surface area contributed by atoms with Gasteiger partial charge >= 0.3 is 11.9 Å². The van der Waals surface area contributed by atoms with Gasteiger partial charge in [0.2, 0.25) is 6.79 Å². The van der Waals surface area contributed by atoms with Crippen LogP contribution in [0.3, 0.4) is 0 Å². The third kappa shape index (κ3) is 8.82. The first-order valence-corrected chi connectivity index (χ1v) is 12.3. The topological polar surface area (TPSA) is 163 Å². The number of nitrogens with zero attached hydrogens (tertiary/aromatic N) is 5. The van der Waals surface area contributed by atoms with Crippen LogP contribution in [0, 0.1) is 11.7 Å². The summed E-state index contributed by atoms with van der Waals surface area (Å²) in [5, 5.41) is 6.56. The van der Waals surface area contributed by atoms with Crippen LogP contribution in [-0.4, -0.2) is 67.0 Å². The van der Waals surface area contributed by atoms with Crippen LogP contribution in [0.1, 0.15) is 13.3 Å². The van der Waals surface area contributed by atoms with Gasteiger partial charge in [0, 0.05) is 24.7 Å². The van der Waals surface area contributed by atoms with Gasteiger partial charge in [-0.2, -0.15) is 5.10 Å². The molecule has 1 aromatic heterocycles. The van der Waals surface area contributed by atoms with E-state index in [1.54, 1.807) is 29.2 Å². The number of aliphatic imine (C=N–C) groups is 1. The fourth-order valence-corrected chi connectivity index (χ4v) is 3.74. The van der Waals surface area contributed by atoms with Crippen molar-refractivity contribution in [2.45, 2.75) is 26.0 Å². The Hall–Kier alpha value is -3.89. The summed E-state index contributed by atoms with van der Waals surface area (Å²) < 4.78 is 31.8. The molecule has 1 saturated heterocycles. The molecule has 0 amide bonds. The molecule has 40 heavy (non-hydrogen) atoms. The van der Waals surface area contributed by atoms with Gasteiger partial charge in [-0.3, -0.25) is 29.1 Å². The standard InChI is InChI=1S/C24H29ClFN7O7/c1-16(34)20(24(36)39-14-38-23(35)10-29-25)9-19-13-33(40-15-37-19)18-4-5-22(21(26)8-18)32(27)12-17(28-2)11-31-7-3-6-30-31/h3-8,12,19-20,29H,2,9-11,13-15,27H2,1H3/b17-12-/t19-,20?/m0/s1. The largest absolute Gasteiger partial charge is 0.427 e. The van der Waals surface area contributed by atoms with E-state index < -0.39 is 42.4 Å². The molecule has 1 aliphatic rings. The van der Waals surface area contributed by atoms with Crippen molar-refractivity contribution in [2.24, 2.45) is 16.8 Å². The van der Waals surface area contributed by atoms with Crippen molar-refractivity contribution >= 4 is 47.6 Å². The summed E-state index contributed by atoms with van der Waals surface area (Å²) in [6, 6.07) is 6.02. The molecule has 0 aliphatic carbocycles. The highest BCUT2D eigenvalue weighted by Crippen LogP contribution is 2.27. The third-order valence-electron chi connectivity index (χ3n) is 5.66. The van der Waals surface area contributed by atoms with E-state index in [-0.39, 0.29) is 32.0 Å². The van der Waals surface area contributed by atoms with Gasteiger partial charge in [0.15, 0.2) is 6.79 Å². The quantitative estimate of drug-likeness (QED) is 0.0628. The van der Waals surface area contributed by atoms with E-state index in [4.69, 9.17) is 31.9 Å². The Balaban J connectivity index is 1.61. The number of anilines is 2. The summed E-state index contributed by atoms with van der Waals surface area (Å²) in [6.07, 6.45) is 4.11. The SMILES string of the molecule is C=N/C(=C\N(N)c1ccc(N2C[C@H](CC(C(C)=O)C(=O)OCOC(=O)CNCl)OCO2)cc1F)Cn1cccn1. The molecule has 1 aromatic carbocycles. The lowest BCUT2D eigenvalue weighted by Crippen LogP contribution is -2.43. The van der Waals surface area contributed by atoms with Crippen LogP contribution in [0.25, 0.3) is 0 Å². The molecule has 216 valence electrons. The molecule has 2 atom stereocenters. The summed E-state index contributed by atoms with van der Waals surface area (Å²) in [5.41, 5.74) is 0.877. The van der Waals surface area contributed by atoms with Gasteiger partial charge < -0.3 is 14.2 Å². The Bertz CT molecular complexity index is 1210. The van der Waals surface area contributed by atoms with Crippen molar-refractivity contribution < 1.29 is 37.8 Å². The minimum atomic E-state index is -1.18. The van der Waals surface area contributed by atoms with Crippen molar-refractivity contribution in [1.82, 2.24) is 14.6 Å². The predicted octanol–water partition coefficient (Wildman–Crippen LogP) is 1.42. The molecule has 1 unspecified atom stereocenters. The molecular weight excluding hydrogens is 553 g/mol. The molecule has 1 fully saturated rings. The van der Waals surface area contributed by atoms with Gasteiger partial charge in [-0.1, -0.05) is 0 Å². The summed E-state index contributed by atoms with van der Waals surface area (Å²) in [7, 11) is 0. The van der Waals surface area contributed by atoms with E-state index in [1.165, 1.54) is 30.3 Å². The molecule has 3 N–H and O–H groups in total. The van der Waals surface area contributed by atoms with Crippen LogP contribution in [0.15, 0.2) is 53.5 Å². The maximum absolute atomic E-state index is 15.0. The summed E-state index contributed by atoms with van der Waals surface area (Å²) in [6.45, 7) is 3.95. The van der Waals surface area contributed by atoms with E-state index in [0.717, 1.165) is 5.01 Å². The molecule has 16 heteroatoms. The maximum atomic E-state index is 15.0. The first-order chi connectivity index (χ1) is 19.2. The second-order valence-corrected chi connectivity index (χ2v) is 8.70. The minimum Gasteiger partial charge on any atom is -0.427 e. The smallest absolute Gasteiger partial charge is 0.324 e. The van der Waals surface area contributed by atoms with Crippen LogP contribution in [0.2, 0.25) is 0 Å². The zero-order chi connectivity index (χ0) is 29.1. The van der Waals surface area contributed by atoms with E-state index in [9.17, 15) is 14.4 Å². The molecule has 14 nitrogen and oxygen atoms in total. The van der Waals surface area contributed by atoms with Crippen molar-refractivity contribution in [3.05, 3.63) is 54.4 Å². The monoisotopic (exact) mass is 581 g/mol. The average molecular weight is 582 g/mol. The lowest BCUT2D eigenvalue weighted by Gasteiger charge is -2.34. The molecular formula is C24H29ClFN7O7. The van der Waals surface area contributed by atoms with Gasteiger partial charge in [-0.05, 0) is 50.0 Å². The number of carbonyl (C=O) groups excluding carboxylic acids is 3. The number of aromatic nitrogens is 2. The van der Waals surface area contributed by atoms with Crippen LogP contribution in [0.5, 0.6) is 0 Å². The Morgan fingerprint density at radius 1 is 1.43 bits per heavy atom. The molecule has 2 aromatic rings. The molecule has 2 heterocycles. The molecule has 0 radical (unpaired) electrons. The first kappa shape index (κ1) is 30.6. The predicted molar refractivity (Wildman–Crippen MR) is 141 cm³/mol. The van der Waals surface area contributed by atoms with Crippen LogP contribution in [0.4, 0.5) is 15.8 Å². The number of carbonyl (C=O) groups is 3. The number of allylic oxidation sites excluding steroid dienone is 1. The zero-order valence-corrected chi connectivity index (χ0v) is 22.3. The van der Waals surface area contributed by atoms with E-state index in [0.29, 0.717) is 17.9 Å². The van der Waals surface area contributed by atoms with Gasteiger partial charge in [0.25, 0.3) is 0 Å². The second kappa shape index (κ2) is 15.0. The lowest BCUT2D eigenvalue weighted by atomic mass is 9.97. The molecule has 0 bridgehead atoms. The Kier molecular flexibility index (Phi) is 11.5. The number of rotatable bonds is 14. The molecule has 1 aliphatic heterocycles. The number of nitrogens with one attached hydrogen (secondary N) is 1. The first-order valence-electron chi connectivity index (χ1n) is 11.9. The van der Waals surface area contributed by atoms with Gasteiger partial charge in [0.05, 0.1) is 36.3 Å². The number of hydrogen-bond acceptors (Lipinski definition) is 13. The fourth-order valence-electron chi connectivity index (χ4n) is 3.64. The number of nitrogens with two attached hydrogens (primary N) is 1. The van der Waals surface area contributed by atoms with Crippen molar-refractivity contribution in [3.8, 4) is 0 Å². The number of hydroxylamine groups is 1. The van der Waals surface area contributed by atoms with E-state index >= 15 is 4.39 Å². The zero-order valence-electron chi connectivity index (χ0n) is 21.6. The highest BCUT2D eigenvalue weighted by molar-refractivity contribution is 6.14. The molecule has 3 rings (SSSR count). The van der Waals surface area contributed by atoms with Crippen LogP contribution in [-0.2, 0) is 40.0 Å². The Labute approximate surface area is 234 Å². The summed E-state index contributed by atoms with van der Waals surface area (Å²) in [4.78, 5) is 47.3. The highest BCUT2D eigenvalue weighted by atomic mass is 35.5. The fraction of sp³-hybridized carbons (Fsp3) is 0.375. The normalized spacial score (nSPS) is 16.2.